The van der Waals surface area contributed by atoms with Crippen LogP contribution in [-0.4, -0.2) is 11.1 Å². The van der Waals surface area contributed by atoms with E-state index in [0.29, 0.717) is 18.4 Å². The molecule has 1 aliphatic rings. The van der Waals surface area contributed by atoms with Crippen molar-refractivity contribution in [2.75, 3.05) is 0 Å². The Balaban J connectivity index is 2.57. The molecule has 0 unspecified atom stereocenters. The Kier molecular flexibility index (Phi) is 2.68. The molecule has 0 bridgehead atoms. The number of halogens is 2. The van der Waals surface area contributed by atoms with Gasteiger partial charge in [-0.2, -0.15) is 0 Å². The zero-order chi connectivity index (χ0) is 12.8. The van der Waals surface area contributed by atoms with Gasteiger partial charge >= 0.3 is 5.97 Å². The highest BCUT2D eigenvalue weighted by atomic mass is 19.2. The lowest BCUT2D eigenvalue weighted by Crippen LogP contribution is -2.22. The molecule has 1 saturated carbocycles. The Hall–Kier alpha value is -1.45. The van der Waals surface area contributed by atoms with Crippen molar-refractivity contribution in [3.63, 3.8) is 0 Å². The van der Waals surface area contributed by atoms with E-state index in [4.69, 9.17) is 5.11 Å². The fraction of sp³-hybridized carbons (Fsp3) is 0.462. The molecule has 0 radical (unpaired) electrons. The van der Waals surface area contributed by atoms with Gasteiger partial charge in [-0.3, -0.25) is 4.79 Å². The van der Waals surface area contributed by atoms with E-state index in [1.807, 2.05) is 13.8 Å². The van der Waals surface area contributed by atoms with Gasteiger partial charge < -0.3 is 5.11 Å². The summed E-state index contributed by atoms with van der Waals surface area (Å²) in [7, 11) is 0. The van der Waals surface area contributed by atoms with Gasteiger partial charge in [-0.05, 0) is 30.4 Å². The minimum absolute atomic E-state index is 0.00583. The summed E-state index contributed by atoms with van der Waals surface area (Å²) in [5.41, 5.74) is -0.573. The number of aliphatic carboxylic acids is 1. The fourth-order valence-electron chi connectivity index (χ4n) is 2.01. The first-order valence-electron chi connectivity index (χ1n) is 5.61. The number of carboxylic acids is 1. The first-order valence-corrected chi connectivity index (χ1v) is 5.61. The molecule has 1 N–H and O–H groups in total. The molecule has 0 saturated heterocycles. The minimum Gasteiger partial charge on any atom is -0.481 e. The molecule has 1 aromatic rings. The van der Waals surface area contributed by atoms with Crippen LogP contribution >= 0.6 is 0 Å². The quantitative estimate of drug-likeness (QED) is 0.880. The molecule has 2 rings (SSSR count). The second kappa shape index (κ2) is 3.79. The molecule has 4 heteroatoms. The maximum Gasteiger partial charge on any atom is 0.314 e. The highest BCUT2D eigenvalue weighted by Gasteiger charge is 2.53. The predicted octanol–water partition coefficient (Wildman–Crippen LogP) is 3.20. The van der Waals surface area contributed by atoms with Crippen molar-refractivity contribution in [1.29, 1.82) is 0 Å². The van der Waals surface area contributed by atoms with Crippen LogP contribution in [0.5, 0.6) is 0 Å². The van der Waals surface area contributed by atoms with Crippen LogP contribution in [-0.2, 0) is 10.2 Å². The highest BCUT2D eigenvalue weighted by Crippen LogP contribution is 2.50. The maximum absolute atomic E-state index is 13.7. The van der Waals surface area contributed by atoms with Crippen LogP contribution < -0.4 is 0 Å². The van der Waals surface area contributed by atoms with E-state index >= 15 is 0 Å². The van der Waals surface area contributed by atoms with Crippen LogP contribution in [0.15, 0.2) is 12.1 Å². The van der Waals surface area contributed by atoms with Crippen molar-refractivity contribution < 1.29 is 18.7 Å². The second-order valence-electron chi connectivity index (χ2n) is 4.91. The van der Waals surface area contributed by atoms with Crippen molar-refractivity contribution in [2.45, 2.75) is 38.0 Å². The molecule has 0 spiro atoms. The van der Waals surface area contributed by atoms with Crippen LogP contribution in [0.2, 0.25) is 0 Å². The van der Waals surface area contributed by atoms with Crippen molar-refractivity contribution in [1.82, 2.24) is 0 Å². The molecule has 0 aliphatic heterocycles. The lowest BCUT2D eigenvalue weighted by molar-refractivity contribution is -0.140. The normalized spacial score (nSPS) is 17.2. The Morgan fingerprint density at radius 2 is 1.94 bits per heavy atom. The second-order valence-corrected chi connectivity index (χ2v) is 4.91. The molecule has 0 atom stereocenters. The molecule has 17 heavy (non-hydrogen) atoms. The van der Waals surface area contributed by atoms with Gasteiger partial charge in [0.1, 0.15) is 0 Å². The van der Waals surface area contributed by atoms with Crippen LogP contribution in [0.3, 0.4) is 0 Å². The molecular weight excluding hydrogens is 226 g/mol. The predicted molar refractivity (Wildman–Crippen MR) is 59.0 cm³/mol. The highest BCUT2D eigenvalue weighted by molar-refractivity contribution is 5.85. The van der Waals surface area contributed by atoms with E-state index in [9.17, 15) is 13.6 Å². The van der Waals surface area contributed by atoms with Crippen molar-refractivity contribution >= 4 is 5.97 Å². The van der Waals surface area contributed by atoms with E-state index < -0.39 is 23.0 Å². The lowest BCUT2D eigenvalue weighted by Gasteiger charge is -2.15. The molecule has 1 aliphatic carbocycles. The molecule has 92 valence electrons. The smallest absolute Gasteiger partial charge is 0.314 e. The summed E-state index contributed by atoms with van der Waals surface area (Å²) in [5, 5.41) is 9.11. The van der Waals surface area contributed by atoms with E-state index in [1.165, 1.54) is 6.07 Å². The minimum atomic E-state index is -1.20. The van der Waals surface area contributed by atoms with E-state index in [2.05, 4.69) is 0 Å². The fourth-order valence-corrected chi connectivity index (χ4v) is 2.01. The molecule has 1 aromatic carbocycles. The number of carboxylic acid groups (broad SMARTS) is 1. The third kappa shape index (κ3) is 1.81. The Morgan fingerprint density at radius 1 is 1.35 bits per heavy atom. The average molecular weight is 240 g/mol. The zero-order valence-electron chi connectivity index (χ0n) is 9.76. The van der Waals surface area contributed by atoms with Crippen molar-refractivity contribution in [2.24, 2.45) is 0 Å². The summed E-state index contributed by atoms with van der Waals surface area (Å²) in [6, 6.07) is 2.63. The van der Waals surface area contributed by atoms with Gasteiger partial charge in [0.05, 0.1) is 5.41 Å². The molecule has 1 fully saturated rings. The van der Waals surface area contributed by atoms with Gasteiger partial charge in [-0.1, -0.05) is 19.9 Å². The molecular formula is C13H14F2O2. The molecule has 0 aromatic heterocycles. The van der Waals surface area contributed by atoms with Crippen LogP contribution in [0, 0.1) is 11.6 Å². The topological polar surface area (TPSA) is 37.3 Å². The summed E-state index contributed by atoms with van der Waals surface area (Å²) >= 11 is 0. The van der Waals surface area contributed by atoms with E-state index in [1.54, 1.807) is 0 Å². The van der Waals surface area contributed by atoms with Gasteiger partial charge in [0.25, 0.3) is 0 Å². The van der Waals surface area contributed by atoms with Crippen molar-refractivity contribution in [3.05, 3.63) is 34.9 Å². The Labute approximate surface area is 98.3 Å². The van der Waals surface area contributed by atoms with Crippen LogP contribution in [0.4, 0.5) is 8.78 Å². The van der Waals surface area contributed by atoms with Gasteiger partial charge in [0, 0.05) is 5.56 Å². The molecule has 0 amide bonds. The van der Waals surface area contributed by atoms with E-state index in [-0.39, 0.29) is 11.5 Å². The summed E-state index contributed by atoms with van der Waals surface area (Å²) in [4.78, 5) is 11.1. The van der Waals surface area contributed by atoms with Gasteiger partial charge in [0.15, 0.2) is 11.6 Å². The Morgan fingerprint density at radius 3 is 2.35 bits per heavy atom. The van der Waals surface area contributed by atoms with Gasteiger partial charge in [-0.25, -0.2) is 8.78 Å². The zero-order valence-corrected chi connectivity index (χ0v) is 9.76. The summed E-state index contributed by atoms with van der Waals surface area (Å²) in [6.07, 6.45) is 0.750. The number of hydrogen-bond donors (Lipinski definition) is 1. The number of rotatable bonds is 3. The number of hydrogen-bond acceptors (Lipinski definition) is 1. The maximum atomic E-state index is 13.7. The third-order valence-electron chi connectivity index (χ3n) is 3.39. The summed E-state index contributed by atoms with van der Waals surface area (Å²) in [6.45, 7) is 3.72. The van der Waals surface area contributed by atoms with Crippen molar-refractivity contribution in [3.8, 4) is 0 Å². The number of benzene rings is 1. The van der Waals surface area contributed by atoms with Gasteiger partial charge in [0.2, 0.25) is 0 Å². The first-order chi connectivity index (χ1) is 7.88. The standard InChI is InChI=1S/C13H14F2O2/c1-7(2)8-5-9(11(15)10(14)6-8)13(3-4-13)12(16)17/h5-7H,3-4H2,1-2H3,(H,16,17). The third-order valence-corrected chi connectivity index (χ3v) is 3.39. The molecule has 2 nitrogen and oxygen atoms in total. The summed E-state index contributed by atoms with van der Waals surface area (Å²) < 4.78 is 27.2. The van der Waals surface area contributed by atoms with Crippen LogP contribution in [0.25, 0.3) is 0 Å². The number of carbonyl (C=O) groups is 1. The van der Waals surface area contributed by atoms with E-state index in [0.717, 1.165) is 6.07 Å². The SMILES string of the molecule is CC(C)c1cc(F)c(F)c(C2(C(=O)O)CC2)c1. The first kappa shape index (κ1) is 12.0. The Bertz CT molecular complexity index is 477. The monoisotopic (exact) mass is 240 g/mol. The average Bonchev–Trinajstić information content (AvgIpc) is 3.02. The van der Waals surface area contributed by atoms with Gasteiger partial charge in [-0.15, -0.1) is 0 Å². The summed E-state index contributed by atoms with van der Waals surface area (Å²) in [5.74, 6) is -3.02. The molecule has 0 heterocycles. The van der Waals surface area contributed by atoms with Crippen LogP contribution in [0.1, 0.15) is 43.7 Å². The lowest BCUT2D eigenvalue weighted by atomic mass is 9.91. The largest absolute Gasteiger partial charge is 0.481 e.